The molecule has 0 spiro atoms. The van der Waals surface area contributed by atoms with Crippen LogP contribution in [0.4, 0.5) is 5.69 Å². The quantitative estimate of drug-likeness (QED) is 0.531. The summed E-state index contributed by atoms with van der Waals surface area (Å²) in [4.78, 5) is 13.5. The highest BCUT2D eigenvalue weighted by atomic mass is 16.3. The number of fused-ring (bicyclic) bond motifs is 1. The molecule has 0 aromatic heterocycles. The first kappa shape index (κ1) is 22.5. The van der Waals surface area contributed by atoms with Crippen molar-refractivity contribution >= 4 is 12.0 Å². The molecule has 0 radical (unpaired) electrons. The highest BCUT2D eigenvalue weighted by molar-refractivity contribution is 5.56. The summed E-state index contributed by atoms with van der Waals surface area (Å²) in [5.74, 6) is 2.49. The molecule has 3 heteroatoms. The summed E-state index contributed by atoms with van der Waals surface area (Å²) in [6, 6.07) is 15.4. The average Bonchev–Trinajstić information content (AvgIpc) is 2.83. The van der Waals surface area contributed by atoms with E-state index in [0.717, 1.165) is 44.6 Å². The van der Waals surface area contributed by atoms with Crippen LogP contribution in [0.3, 0.4) is 0 Å². The second kappa shape index (κ2) is 9.16. The normalized spacial score (nSPS) is 26.1. The molecule has 3 nitrogen and oxygen atoms in total. The largest absolute Gasteiger partial charge is 0.508 e. The Hall–Kier alpha value is -2.29. The number of carbonyl (C=O) groups is 1. The third-order valence-corrected chi connectivity index (χ3v) is 8.98. The molecule has 5 rings (SSSR count). The molecular weight excluding hydrogens is 406 g/mol. The lowest BCUT2D eigenvalue weighted by atomic mass is 9.61. The van der Waals surface area contributed by atoms with E-state index in [2.05, 4.69) is 49.1 Å². The van der Waals surface area contributed by atoms with E-state index in [9.17, 15) is 9.90 Å². The predicted octanol–water partition coefficient (Wildman–Crippen LogP) is 6.72. The van der Waals surface area contributed by atoms with Gasteiger partial charge in [-0.2, -0.15) is 0 Å². The van der Waals surface area contributed by atoms with Crippen LogP contribution >= 0.6 is 0 Å². The minimum absolute atomic E-state index is 0.233. The number of phenolic OH excluding ortho intramolecular Hbond substituents is 1. The Morgan fingerprint density at radius 2 is 1.64 bits per heavy atom. The van der Waals surface area contributed by atoms with Crippen molar-refractivity contribution in [1.29, 1.82) is 0 Å². The molecule has 0 unspecified atom stereocenters. The fourth-order valence-electron chi connectivity index (χ4n) is 6.80. The van der Waals surface area contributed by atoms with Gasteiger partial charge in [-0.15, -0.1) is 0 Å². The molecule has 1 aliphatic heterocycles. The standard InChI is InChI=1S/C30H39NO2/c1-30(2)15-11-22(12-16-30)27-9-5-24-19-26(33)8-10-28(24)29(27)23-3-6-25(7-4-23)31-17-13-21(20-32)14-18-31/h3-4,6-8,10,19-22,27,29,33H,5,9,11-18H2,1-2H3/t27-,29+/m0/s1. The van der Waals surface area contributed by atoms with E-state index < -0.39 is 0 Å². The van der Waals surface area contributed by atoms with Gasteiger partial charge < -0.3 is 14.8 Å². The number of carbonyl (C=O) groups excluding carboxylic acids is 1. The first-order valence-electron chi connectivity index (χ1n) is 13.1. The number of hydrogen-bond acceptors (Lipinski definition) is 3. The Morgan fingerprint density at radius 3 is 2.30 bits per heavy atom. The van der Waals surface area contributed by atoms with Crippen molar-refractivity contribution in [3.05, 3.63) is 59.2 Å². The number of aldehydes is 1. The summed E-state index contributed by atoms with van der Waals surface area (Å²) in [7, 11) is 0. The van der Waals surface area contributed by atoms with Crippen LogP contribution in [0, 0.1) is 23.2 Å². The molecule has 2 aliphatic carbocycles. The number of nitrogens with zero attached hydrogens (tertiary/aromatic N) is 1. The lowest BCUT2D eigenvalue weighted by molar-refractivity contribution is -0.111. The summed E-state index contributed by atoms with van der Waals surface area (Å²) < 4.78 is 0. The van der Waals surface area contributed by atoms with Crippen LogP contribution in [-0.4, -0.2) is 24.5 Å². The molecule has 176 valence electrons. The van der Waals surface area contributed by atoms with Crippen LogP contribution in [0.15, 0.2) is 42.5 Å². The van der Waals surface area contributed by atoms with Gasteiger partial charge in [0.25, 0.3) is 0 Å². The fourth-order valence-corrected chi connectivity index (χ4v) is 6.80. The molecule has 0 amide bonds. The number of rotatable bonds is 4. The molecule has 1 saturated carbocycles. The van der Waals surface area contributed by atoms with E-state index in [1.54, 1.807) is 0 Å². The summed E-state index contributed by atoms with van der Waals surface area (Å²) in [5, 5.41) is 10.1. The summed E-state index contributed by atoms with van der Waals surface area (Å²) >= 11 is 0. The van der Waals surface area contributed by atoms with Crippen LogP contribution in [0.1, 0.15) is 81.4 Å². The van der Waals surface area contributed by atoms with Crippen LogP contribution in [-0.2, 0) is 11.2 Å². The predicted molar refractivity (Wildman–Crippen MR) is 135 cm³/mol. The molecule has 2 aromatic carbocycles. The second-order valence-corrected chi connectivity index (χ2v) is 11.6. The molecule has 1 heterocycles. The fraction of sp³-hybridized carbons (Fsp3) is 0.567. The topological polar surface area (TPSA) is 40.5 Å². The third kappa shape index (κ3) is 4.69. The highest BCUT2D eigenvalue weighted by Gasteiger charge is 2.39. The van der Waals surface area contributed by atoms with Gasteiger partial charge in [-0.3, -0.25) is 0 Å². The van der Waals surface area contributed by atoms with Crippen molar-refractivity contribution in [3.63, 3.8) is 0 Å². The first-order chi connectivity index (χ1) is 15.9. The number of hydrogen-bond donors (Lipinski definition) is 1. The van der Waals surface area contributed by atoms with Crippen molar-refractivity contribution in [3.8, 4) is 5.75 Å². The zero-order chi connectivity index (χ0) is 23.0. The molecule has 2 aromatic rings. The van der Waals surface area contributed by atoms with E-state index in [0.29, 0.717) is 23.0 Å². The number of aromatic hydroxyl groups is 1. The van der Waals surface area contributed by atoms with Crippen LogP contribution in [0.25, 0.3) is 0 Å². The van der Waals surface area contributed by atoms with Gasteiger partial charge in [-0.05, 0) is 110 Å². The zero-order valence-electron chi connectivity index (χ0n) is 20.3. The molecule has 2 atom stereocenters. The number of piperidine rings is 1. The SMILES string of the molecule is CC1(C)CCC([C@@H]2CCc3cc(O)ccc3[C@@H]2c2ccc(N3CCC(C=O)CC3)cc2)CC1. The van der Waals surface area contributed by atoms with E-state index in [1.165, 1.54) is 54.5 Å². The molecule has 0 bridgehead atoms. The van der Waals surface area contributed by atoms with Crippen molar-refractivity contribution < 1.29 is 9.90 Å². The van der Waals surface area contributed by atoms with Crippen LogP contribution in [0.5, 0.6) is 5.75 Å². The third-order valence-electron chi connectivity index (χ3n) is 8.98. The Labute approximate surface area is 199 Å². The van der Waals surface area contributed by atoms with Gasteiger partial charge >= 0.3 is 0 Å². The van der Waals surface area contributed by atoms with Gasteiger partial charge in [0.2, 0.25) is 0 Å². The number of benzene rings is 2. The van der Waals surface area contributed by atoms with Crippen molar-refractivity contribution in [2.24, 2.45) is 23.2 Å². The van der Waals surface area contributed by atoms with E-state index >= 15 is 0 Å². The van der Waals surface area contributed by atoms with Crippen molar-refractivity contribution in [1.82, 2.24) is 0 Å². The van der Waals surface area contributed by atoms with Gasteiger partial charge in [0.05, 0.1) is 0 Å². The van der Waals surface area contributed by atoms with Gasteiger partial charge in [0.15, 0.2) is 0 Å². The lowest BCUT2D eigenvalue weighted by Crippen LogP contribution is -2.34. The Balaban J connectivity index is 1.42. The van der Waals surface area contributed by atoms with E-state index in [-0.39, 0.29) is 5.92 Å². The number of aryl methyl sites for hydroxylation is 1. The average molecular weight is 446 g/mol. The zero-order valence-corrected chi connectivity index (χ0v) is 20.3. The minimum atomic E-state index is 0.233. The molecule has 2 fully saturated rings. The molecule has 1 N–H and O–H groups in total. The van der Waals surface area contributed by atoms with E-state index in [4.69, 9.17) is 0 Å². The van der Waals surface area contributed by atoms with Crippen molar-refractivity contribution in [2.45, 2.75) is 71.1 Å². The monoisotopic (exact) mass is 445 g/mol. The molecule has 3 aliphatic rings. The van der Waals surface area contributed by atoms with Gasteiger partial charge in [-0.1, -0.05) is 32.0 Å². The number of phenols is 1. The number of anilines is 1. The first-order valence-corrected chi connectivity index (χ1v) is 13.1. The smallest absolute Gasteiger partial charge is 0.123 e. The summed E-state index contributed by atoms with van der Waals surface area (Å²) in [5.41, 5.74) is 5.94. The Kier molecular flexibility index (Phi) is 6.24. The molecule has 33 heavy (non-hydrogen) atoms. The van der Waals surface area contributed by atoms with Gasteiger partial charge in [0.1, 0.15) is 12.0 Å². The Morgan fingerprint density at radius 1 is 0.939 bits per heavy atom. The highest BCUT2D eigenvalue weighted by Crippen LogP contribution is 2.51. The van der Waals surface area contributed by atoms with Gasteiger partial charge in [-0.25, -0.2) is 0 Å². The molecular formula is C30H39NO2. The minimum Gasteiger partial charge on any atom is -0.508 e. The molecule has 1 saturated heterocycles. The van der Waals surface area contributed by atoms with Gasteiger partial charge in [0, 0.05) is 30.6 Å². The summed E-state index contributed by atoms with van der Waals surface area (Å²) in [6.45, 7) is 6.79. The van der Waals surface area contributed by atoms with E-state index in [1.807, 2.05) is 12.1 Å². The van der Waals surface area contributed by atoms with Crippen molar-refractivity contribution in [2.75, 3.05) is 18.0 Å². The maximum Gasteiger partial charge on any atom is 0.123 e. The Bertz CT molecular complexity index is 961. The second-order valence-electron chi connectivity index (χ2n) is 11.6. The maximum atomic E-state index is 11.1. The maximum absolute atomic E-state index is 11.1. The lowest BCUT2D eigenvalue weighted by Gasteiger charge is -2.44. The van der Waals surface area contributed by atoms with Crippen LogP contribution in [0.2, 0.25) is 0 Å². The van der Waals surface area contributed by atoms with Crippen LogP contribution < -0.4 is 4.90 Å². The summed E-state index contributed by atoms with van der Waals surface area (Å²) in [6.07, 6.45) is 10.7.